The Balaban J connectivity index is 1.71. The minimum Gasteiger partial charge on any atom is -0.481 e. The third kappa shape index (κ3) is 4.00. The second-order valence-corrected chi connectivity index (χ2v) is 5.11. The predicted molar refractivity (Wildman–Crippen MR) is 62.6 cm³/mol. The van der Waals surface area contributed by atoms with Crippen molar-refractivity contribution in [1.29, 1.82) is 0 Å². The van der Waals surface area contributed by atoms with E-state index >= 15 is 0 Å². The molecular formula is C12H20N2O3. The van der Waals surface area contributed by atoms with Crippen molar-refractivity contribution in [3.05, 3.63) is 0 Å². The maximum atomic E-state index is 11.7. The second kappa shape index (κ2) is 5.49. The zero-order chi connectivity index (χ0) is 12.3. The maximum absolute atomic E-state index is 11.7. The van der Waals surface area contributed by atoms with Crippen LogP contribution in [0.4, 0.5) is 0 Å². The summed E-state index contributed by atoms with van der Waals surface area (Å²) in [4.78, 5) is 24.3. The van der Waals surface area contributed by atoms with E-state index in [-0.39, 0.29) is 18.4 Å². The number of amides is 1. The standard InChI is InChI=1S/C12H20N2O3/c15-11(13-7-9-3-4-9)8-14-5-1-2-10(14)6-12(16)17/h9-10H,1-8H2,(H,13,15)(H,16,17). The number of rotatable bonds is 6. The van der Waals surface area contributed by atoms with Crippen molar-refractivity contribution in [3.63, 3.8) is 0 Å². The van der Waals surface area contributed by atoms with Crippen LogP contribution in [-0.4, -0.2) is 47.6 Å². The Morgan fingerprint density at radius 2 is 2.06 bits per heavy atom. The van der Waals surface area contributed by atoms with E-state index < -0.39 is 5.97 Å². The molecular weight excluding hydrogens is 220 g/mol. The van der Waals surface area contributed by atoms with Gasteiger partial charge in [-0.2, -0.15) is 0 Å². The molecule has 2 aliphatic rings. The number of hydrogen-bond acceptors (Lipinski definition) is 3. The van der Waals surface area contributed by atoms with Gasteiger partial charge in [-0.15, -0.1) is 0 Å². The second-order valence-electron chi connectivity index (χ2n) is 5.11. The Labute approximate surface area is 101 Å². The van der Waals surface area contributed by atoms with Gasteiger partial charge in [-0.1, -0.05) is 0 Å². The molecule has 2 fully saturated rings. The number of carboxylic acids is 1. The van der Waals surface area contributed by atoms with Gasteiger partial charge in [0, 0.05) is 12.6 Å². The van der Waals surface area contributed by atoms with Gasteiger partial charge >= 0.3 is 5.97 Å². The third-order valence-electron chi connectivity index (χ3n) is 3.54. The summed E-state index contributed by atoms with van der Waals surface area (Å²) in [6.45, 7) is 1.98. The molecule has 2 rings (SSSR count). The van der Waals surface area contributed by atoms with Gasteiger partial charge in [-0.25, -0.2) is 0 Å². The van der Waals surface area contributed by atoms with E-state index in [9.17, 15) is 9.59 Å². The first-order valence-electron chi connectivity index (χ1n) is 6.37. The lowest BCUT2D eigenvalue weighted by Gasteiger charge is -2.22. The first kappa shape index (κ1) is 12.4. The van der Waals surface area contributed by atoms with E-state index in [1.165, 1.54) is 12.8 Å². The zero-order valence-corrected chi connectivity index (χ0v) is 10.0. The van der Waals surface area contributed by atoms with Crippen molar-refractivity contribution in [1.82, 2.24) is 10.2 Å². The molecule has 1 saturated heterocycles. The summed E-state index contributed by atoms with van der Waals surface area (Å²) in [5, 5.41) is 11.7. The van der Waals surface area contributed by atoms with E-state index in [1.807, 2.05) is 4.90 Å². The van der Waals surface area contributed by atoms with E-state index in [0.717, 1.165) is 25.9 Å². The number of carbonyl (C=O) groups is 2. The highest BCUT2D eigenvalue weighted by Crippen LogP contribution is 2.27. The number of hydrogen-bond donors (Lipinski definition) is 2. The van der Waals surface area contributed by atoms with Crippen molar-refractivity contribution < 1.29 is 14.7 Å². The summed E-state index contributed by atoms with van der Waals surface area (Å²) < 4.78 is 0. The molecule has 0 bridgehead atoms. The summed E-state index contributed by atoms with van der Waals surface area (Å²) in [5.74, 6) is -0.0539. The number of likely N-dealkylation sites (tertiary alicyclic amines) is 1. The smallest absolute Gasteiger partial charge is 0.304 e. The first-order valence-corrected chi connectivity index (χ1v) is 6.37. The Morgan fingerprint density at radius 3 is 2.71 bits per heavy atom. The lowest BCUT2D eigenvalue weighted by Crippen LogP contribution is -2.41. The fourth-order valence-corrected chi connectivity index (χ4v) is 2.36. The minimum absolute atomic E-state index is 0.0363. The first-order chi connectivity index (χ1) is 8.15. The van der Waals surface area contributed by atoms with E-state index in [4.69, 9.17) is 5.11 Å². The van der Waals surface area contributed by atoms with Gasteiger partial charge in [0.25, 0.3) is 0 Å². The number of nitrogens with one attached hydrogen (secondary N) is 1. The summed E-state index contributed by atoms with van der Waals surface area (Å²) in [7, 11) is 0. The highest BCUT2D eigenvalue weighted by Gasteiger charge is 2.28. The summed E-state index contributed by atoms with van der Waals surface area (Å²) in [6, 6.07) is 0.0409. The Morgan fingerprint density at radius 1 is 1.29 bits per heavy atom. The molecule has 1 atom stereocenters. The highest BCUT2D eigenvalue weighted by molar-refractivity contribution is 5.78. The fraction of sp³-hybridized carbons (Fsp3) is 0.833. The van der Waals surface area contributed by atoms with Crippen LogP contribution >= 0.6 is 0 Å². The van der Waals surface area contributed by atoms with Crippen LogP contribution in [0.2, 0.25) is 0 Å². The monoisotopic (exact) mass is 240 g/mol. The zero-order valence-electron chi connectivity index (χ0n) is 10.0. The Kier molecular flexibility index (Phi) is 3.99. The molecule has 1 aliphatic heterocycles. The number of carbonyl (C=O) groups excluding carboxylic acids is 1. The summed E-state index contributed by atoms with van der Waals surface area (Å²) in [5.41, 5.74) is 0. The molecule has 0 spiro atoms. The van der Waals surface area contributed by atoms with Crippen molar-refractivity contribution in [2.75, 3.05) is 19.6 Å². The molecule has 1 aliphatic carbocycles. The van der Waals surface area contributed by atoms with Crippen molar-refractivity contribution in [2.24, 2.45) is 5.92 Å². The molecule has 0 radical (unpaired) electrons. The largest absolute Gasteiger partial charge is 0.481 e. The van der Waals surface area contributed by atoms with Crippen molar-refractivity contribution in [3.8, 4) is 0 Å². The van der Waals surface area contributed by atoms with Crippen LogP contribution in [0.1, 0.15) is 32.1 Å². The molecule has 96 valence electrons. The van der Waals surface area contributed by atoms with Gasteiger partial charge in [-0.05, 0) is 38.1 Å². The van der Waals surface area contributed by atoms with Gasteiger partial charge in [-0.3, -0.25) is 14.5 Å². The third-order valence-corrected chi connectivity index (χ3v) is 3.54. The Bertz CT molecular complexity index is 302. The molecule has 1 heterocycles. The van der Waals surface area contributed by atoms with E-state index in [2.05, 4.69) is 5.32 Å². The van der Waals surface area contributed by atoms with Crippen molar-refractivity contribution in [2.45, 2.75) is 38.1 Å². The topological polar surface area (TPSA) is 69.6 Å². The molecule has 1 amide bonds. The van der Waals surface area contributed by atoms with Crippen molar-refractivity contribution >= 4 is 11.9 Å². The van der Waals surface area contributed by atoms with E-state index in [1.54, 1.807) is 0 Å². The molecule has 5 nitrogen and oxygen atoms in total. The highest BCUT2D eigenvalue weighted by atomic mass is 16.4. The minimum atomic E-state index is -0.778. The molecule has 2 N–H and O–H groups in total. The van der Waals surface area contributed by atoms with Gasteiger partial charge in [0.15, 0.2) is 0 Å². The molecule has 0 aromatic carbocycles. The van der Waals surface area contributed by atoms with Crippen LogP contribution in [0.25, 0.3) is 0 Å². The van der Waals surface area contributed by atoms with E-state index in [0.29, 0.717) is 12.5 Å². The number of carboxylic acid groups (broad SMARTS) is 1. The van der Waals surface area contributed by atoms with Gasteiger partial charge in [0.2, 0.25) is 5.91 Å². The SMILES string of the molecule is O=C(O)CC1CCCN1CC(=O)NCC1CC1. The Hall–Kier alpha value is -1.10. The molecule has 1 unspecified atom stereocenters. The predicted octanol–water partition coefficient (Wildman–Crippen LogP) is 0.452. The van der Waals surface area contributed by atoms with Gasteiger partial charge < -0.3 is 10.4 Å². The number of aliphatic carboxylic acids is 1. The van der Waals surface area contributed by atoms with Crippen LogP contribution in [0.15, 0.2) is 0 Å². The van der Waals surface area contributed by atoms with Gasteiger partial charge in [0.05, 0.1) is 13.0 Å². The average Bonchev–Trinajstić information content (AvgIpc) is 3.00. The van der Waals surface area contributed by atoms with Crippen LogP contribution < -0.4 is 5.32 Å². The molecule has 17 heavy (non-hydrogen) atoms. The average molecular weight is 240 g/mol. The normalized spacial score (nSPS) is 24.8. The fourth-order valence-electron chi connectivity index (χ4n) is 2.36. The van der Waals surface area contributed by atoms with Gasteiger partial charge in [0.1, 0.15) is 0 Å². The molecule has 5 heteroatoms. The summed E-state index contributed by atoms with van der Waals surface area (Å²) >= 11 is 0. The lowest BCUT2D eigenvalue weighted by molar-refractivity contribution is -0.138. The van der Waals surface area contributed by atoms with Crippen LogP contribution in [0, 0.1) is 5.92 Å². The molecule has 0 aromatic rings. The maximum Gasteiger partial charge on any atom is 0.304 e. The summed E-state index contributed by atoms with van der Waals surface area (Å²) in [6.07, 6.45) is 4.49. The quantitative estimate of drug-likeness (QED) is 0.707. The van der Waals surface area contributed by atoms with Crippen LogP contribution in [0.5, 0.6) is 0 Å². The molecule has 1 saturated carbocycles. The lowest BCUT2D eigenvalue weighted by atomic mass is 10.1. The van der Waals surface area contributed by atoms with Crippen LogP contribution in [0.3, 0.4) is 0 Å². The van der Waals surface area contributed by atoms with Crippen LogP contribution in [-0.2, 0) is 9.59 Å². The number of nitrogens with zero attached hydrogens (tertiary/aromatic N) is 1. The molecule has 0 aromatic heterocycles.